The molecule has 0 N–H and O–H groups in total. The van der Waals surface area contributed by atoms with E-state index in [2.05, 4.69) is 48.4 Å². The normalized spacial score (nSPS) is 14.5. The maximum atomic E-state index is 14.0. The van der Waals surface area contributed by atoms with E-state index in [1.165, 1.54) is 11.8 Å². The molecule has 0 spiro atoms. The third-order valence-corrected chi connectivity index (χ3v) is 7.76. The SMILES string of the molecule is CCN(CC)c1ccc(-c2csc(C3CCN(C(=O)Cc4c(F)cccc4Cl)CC3)n2)cc1. The van der Waals surface area contributed by atoms with Gasteiger partial charge in [0.1, 0.15) is 5.82 Å². The number of anilines is 1. The molecule has 7 heteroatoms. The van der Waals surface area contributed by atoms with Gasteiger partial charge in [-0.3, -0.25) is 4.79 Å². The number of piperidine rings is 1. The minimum atomic E-state index is -0.425. The zero-order chi connectivity index (χ0) is 23.4. The van der Waals surface area contributed by atoms with Crippen molar-refractivity contribution in [2.75, 3.05) is 31.1 Å². The van der Waals surface area contributed by atoms with Crippen LogP contribution in [0.25, 0.3) is 11.3 Å². The summed E-state index contributed by atoms with van der Waals surface area (Å²) in [5, 5.41) is 3.56. The first-order chi connectivity index (χ1) is 16.0. The van der Waals surface area contributed by atoms with E-state index in [1.807, 2.05) is 4.90 Å². The zero-order valence-corrected chi connectivity index (χ0v) is 20.6. The molecule has 0 bridgehead atoms. The molecule has 2 heterocycles. The smallest absolute Gasteiger partial charge is 0.227 e. The lowest BCUT2D eigenvalue weighted by atomic mass is 9.97. The van der Waals surface area contributed by atoms with Gasteiger partial charge >= 0.3 is 0 Å². The first-order valence-electron chi connectivity index (χ1n) is 11.5. The second-order valence-corrected chi connectivity index (χ2v) is 9.62. The molecule has 1 amide bonds. The number of benzene rings is 2. The molecule has 1 saturated heterocycles. The van der Waals surface area contributed by atoms with Gasteiger partial charge in [0.05, 0.1) is 17.1 Å². The fraction of sp³-hybridized carbons (Fsp3) is 0.385. The Morgan fingerprint density at radius 1 is 1.15 bits per heavy atom. The maximum absolute atomic E-state index is 14.0. The largest absolute Gasteiger partial charge is 0.372 e. The number of halogens is 2. The van der Waals surface area contributed by atoms with Crippen LogP contribution >= 0.6 is 22.9 Å². The Hall–Kier alpha value is -2.44. The molecule has 1 fully saturated rings. The Bertz CT molecular complexity index is 1070. The molecule has 0 saturated carbocycles. The number of carbonyl (C=O) groups excluding carboxylic acids is 1. The molecule has 4 rings (SSSR count). The fourth-order valence-corrected chi connectivity index (χ4v) is 5.61. The standard InChI is InChI=1S/C26H29ClFN3OS/c1-3-30(4-2)20-10-8-18(9-11-20)24-17-33-26(29-24)19-12-14-31(15-13-19)25(32)16-21-22(27)6-5-7-23(21)28/h5-11,17,19H,3-4,12-16H2,1-2H3. The van der Waals surface area contributed by atoms with E-state index in [-0.39, 0.29) is 17.9 Å². The van der Waals surface area contributed by atoms with Gasteiger partial charge in [0.2, 0.25) is 5.91 Å². The highest BCUT2D eigenvalue weighted by molar-refractivity contribution is 7.10. The predicted molar refractivity (Wildman–Crippen MR) is 135 cm³/mol. The molecule has 33 heavy (non-hydrogen) atoms. The first-order valence-corrected chi connectivity index (χ1v) is 12.8. The van der Waals surface area contributed by atoms with E-state index in [9.17, 15) is 9.18 Å². The van der Waals surface area contributed by atoms with Crippen molar-refractivity contribution < 1.29 is 9.18 Å². The number of amides is 1. The second-order valence-electron chi connectivity index (χ2n) is 8.32. The summed E-state index contributed by atoms with van der Waals surface area (Å²) in [6.07, 6.45) is 1.73. The number of rotatable bonds is 7. The molecule has 0 unspecified atom stereocenters. The number of likely N-dealkylation sites (tertiary alicyclic amines) is 1. The van der Waals surface area contributed by atoms with E-state index in [1.54, 1.807) is 23.5 Å². The monoisotopic (exact) mass is 485 g/mol. The van der Waals surface area contributed by atoms with Crippen LogP contribution in [-0.2, 0) is 11.2 Å². The first kappa shape index (κ1) is 23.7. The Morgan fingerprint density at radius 3 is 2.48 bits per heavy atom. The lowest BCUT2D eigenvalue weighted by Gasteiger charge is -2.31. The average Bonchev–Trinajstić information content (AvgIpc) is 3.33. The Morgan fingerprint density at radius 2 is 1.85 bits per heavy atom. The van der Waals surface area contributed by atoms with Crippen LogP contribution in [0, 0.1) is 5.82 Å². The second kappa shape index (κ2) is 10.7. The number of hydrogen-bond acceptors (Lipinski definition) is 4. The van der Waals surface area contributed by atoms with Crippen molar-refractivity contribution in [3.63, 3.8) is 0 Å². The Kier molecular flexibility index (Phi) is 7.66. The van der Waals surface area contributed by atoms with Crippen LogP contribution in [0.5, 0.6) is 0 Å². The van der Waals surface area contributed by atoms with Gasteiger partial charge in [0, 0.05) is 59.3 Å². The number of hydrogen-bond donors (Lipinski definition) is 0. The summed E-state index contributed by atoms with van der Waals surface area (Å²) >= 11 is 7.78. The van der Waals surface area contributed by atoms with Gasteiger partial charge in [0.25, 0.3) is 0 Å². The summed E-state index contributed by atoms with van der Waals surface area (Å²) in [4.78, 5) is 21.8. The van der Waals surface area contributed by atoms with Crippen LogP contribution in [0.15, 0.2) is 47.8 Å². The van der Waals surface area contributed by atoms with Gasteiger partial charge < -0.3 is 9.80 Å². The third-order valence-electron chi connectivity index (χ3n) is 6.40. The molecule has 1 aromatic heterocycles. The molecule has 3 aromatic rings. The van der Waals surface area contributed by atoms with Crippen molar-refractivity contribution in [2.45, 2.75) is 39.0 Å². The number of aromatic nitrogens is 1. The van der Waals surface area contributed by atoms with E-state index in [0.29, 0.717) is 24.0 Å². The van der Waals surface area contributed by atoms with E-state index in [4.69, 9.17) is 16.6 Å². The van der Waals surface area contributed by atoms with Crippen LogP contribution in [-0.4, -0.2) is 42.0 Å². The summed E-state index contributed by atoms with van der Waals surface area (Å²) in [5.41, 5.74) is 3.65. The van der Waals surface area contributed by atoms with Gasteiger partial charge in [-0.15, -0.1) is 11.3 Å². The van der Waals surface area contributed by atoms with Crippen molar-refractivity contribution in [1.29, 1.82) is 0 Å². The fourth-order valence-electron chi connectivity index (χ4n) is 4.38. The lowest BCUT2D eigenvalue weighted by molar-refractivity contribution is -0.131. The predicted octanol–water partition coefficient (Wildman–Crippen LogP) is 6.40. The number of thiazole rings is 1. The molecular formula is C26H29ClFN3OS. The third kappa shape index (κ3) is 5.39. The molecule has 0 atom stereocenters. The molecule has 2 aromatic carbocycles. The minimum Gasteiger partial charge on any atom is -0.372 e. The molecule has 1 aliphatic heterocycles. The zero-order valence-electron chi connectivity index (χ0n) is 19.1. The summed E-state index contributed by atoms with van der Waals surface area (Å²) in [6, 6.07) is 13.1. The van der Waals surface area contributed by atoms with Gasteiger partial charge in [-0.1, -0.05) is 29.8 Å². The van der Waals surface area contributed by atoms with Crippen molar-refractivity contribution in [3.05, 3.63) is 69.3 Å². The Balaban J connectivity index is 1.36. The van der Waals surface area contributed by atoms with Gasteiger partial charge in [-0.25, -0.2) is 9.37 Å². The van der Waals surface area contributed by atoms with Crippen LogP contribution in [0.1, 0.15) is 43.2 Å². The molecule has 4 nitrogen and oxygen atoms in total. The van der Waals surface area contributed by atoms with Crippen LogP contribution in [0.3, 0.4) is 0 Å². The highest BCUT2D eigenvalue weighted by atomic mass is 35.5. The highest BCUT2D eigenvalue weighted by Crippen LogP contribution is 2.34. The van der Waals surface area contributed by atoms with Gasteiger partial charge in [0.15, 0.2) is 0 Å². The lowest BCUT2D eigenvalue weighted by Crippen LogP contribution is -2.38. The van der Waals surface area contributed by atoms with Crippen molar-refractivity contribution >= 4 is 34.5 Å². The topological polar surface area (TPSA) is 36.4 Å². The Labute approximate surface area is 204 Å². The number of nitrogens with zero attached hydrogens (tertiary/aromatic N) is 3. The van der Waals surface area contributed by atoms with Crippen molar-refractivity contribution in [2.24, 2.45) is 0 Å². The van der Waals surface area contributed by atoms with Crippen LogP contribution in [0.2, 0.25) is 5.02 Å². The van der Waals surface area contributed by atoms with Crippen molar-refractivity contribution in [3.8, 4) is 11.3 Å². The molecular weight excluding hydrogens is 457 g/mol. The molecule has 174 valence electrons. The van der Waals surface area contributed by atoms with Crippen LogP contribution < -0.4 is 4.90 Å². The number of carbonyl (C=O) groups is 1. The van der Waals surface area contributed by atoms with Crippen molar-refractivity contribution in [1.82, 2.24) is 9.88 Å². The van der Waals surface area contributed by atoms with Gasteiger partial charge in [-0.05, 0) is 51.0 Å². The molecule has 0 radical (unpaired) electrons. The van der Waals surface area contributed by atoms with E-state index < -0.39 is 5.82 Å². The summed E-state index contributed by atoms with van der Waals surface area (Å²) in [6.45, 7) is 7.62. The quantitative estimate of drug-likeness (QED) is 0.388. The molecule has 0 aliphatic carbocycles. The van der Waals surface area contributed by atoms with E-state index in [0.717, 1.165) is 42.2 Å². The minimum absolute atomic E-state index is 0.00105. The summed E-state index contributed by atoms with van der Waals surface area (Å²) in [5.74, 6) is -0.153. The van der Waals surface area contributed by atoms with E-state index >= 15 is 0 Å². The average molecular weight is 486 g/mol. The van der Waals surface area contributed by atoms with Crippen LogP contribution in [0.4, 0.5) is 10.1 Å². The summed E-state index contributed by atoms with van der Waals surface area (Å²) < 4.78 is 14.0. The highest BCUT2D eigenvalue weighted by Gasteiger charge is 2.26. The van der Waals surface area contributed by atoms with Gasteiger partial charge in [-0.2, -0.15) is 0 Å². The molecule has 1 aliphatic rings. The maximum Gasteiger partial charge on any atom is 0.227 e. The summed E-state index contributed by atoms with van der Waals surface area (Å²) in [7, 11) is 0.